The van der Waals surface area contributed by atoms with Crippen LogP contribution in [0.2, 0.25) is 0 Å². The van der Waals surface area contributed by atoms with Gasteiger partial charge in [-0.3, -0.25) is 4.90 Å². The van der Waals surface area contributed by atoms with Crippen molar-refractivity contribution in [1.29, 1.82) is 0 Å². The first-order chi connectivity index (χ1) is 8.96. The maximum Gasteiger partial charge on any atom is 0.0940 e. The van der Waals surface area contributed by atoms with Gasteiger partial charge in [-0.25, -0.2) is 0 Å². The molecule has 2 unspecified atom stereocenters. The summed E-state index contributed by atoms with van der Waals surface area (Å²) in [6.07, 6.45) is 1.11. The first kappa shape index (κ1) is 14.5. The third kappa shape index (κ3) is 4.30. The Kier molecular flexibility index (Phi) is 4.61. The van der Waals surface area contributed by atoms with Gasteiger partial charge >= 0.3 is 0 Å². The standard InChI is InChI=1S/C16H26N2O/c1-14(2)11-16-13-18(3,19)10-9-17(16)12-15-7-5-4-6-8-15/h4-8,14,16H,9-13H2,1-3H3. The van der Waals surface area contributed by atoms with Crippen molar-refractivity contribution in [3.63, 3.8) is 0 Å². The summed E-state index contributed by atoms with van der Waals surface area (Å²) in [5.41, 5.74) is 1.35. The van der Waals surface area contributed by atoms with Gasteiger partial charge < -0.3 is 9.85 Å². The molecule has 3 heteroatoms. The first-order valence-corrected chi connectivity index (χ1v) is 7.30. The van der Waals surface area contributed by atoms with E-state index in [2.05, 4.69) is 49.1 Å². The van der Waals surface area contributed by atoms with Crippen LogP contribution < -0.4 is 0 Å². The summed E-state index contributed by atoms with van der Waals surface area (Å²) in [4.78, 5) is 2.49. The summed E-state index contributed by atoms with van der Waals surface area (Å²) >= 11 is 0. The molecule has 2 rings (SSSR count). The molecule has 0 N–H and O–H groups in total. The lowest BCUT2D eigenvalue weighted by Crippen LogP contribution is -2.58. The molecule has 0 radical (unpaired) electrons. The molecule has 0 saturated carbocycles. The minimum Gasteiger partial charge on any atom is -0.633 e. The number of likely N-dealkylation sites (N-methyl/N-ethyl adjacent to an activating group) is 1. The number of piperazine rings is 1. The Balaban J connectivity index is 2.04. The molecule has 1 heterocycles. The van der Waals surface area contributed by atoms with Gasteiger partial charge in [0.2, 0.25) is 0 Å². The number of nitrogens with zero attached hydrogens (tertiary/aromatic N) is 2. The zero-order valence-corrected chi connectivity index (χ0v) is 12.4. The molecule has 19 heavy (non-hydrogen) atoms. The van der Waals surface area contributed by atoms with E-state index >= 15 is 0 Å². The van der Waals surface area contributed by atoms with Crippen LogP contribution in [0.3, 0.4) is 0 Å². The van der Waals surface area contributed by atoms with E-state index in [0.29, 0.717) is 18.5 Å². The van der Waals surface area contributed by atoms with E-state index < -0.39 is 0 Å². The lowest BCUT2D eigenvalue weighted by molar-refractivity contribution is -0.869. The van der Waals surface area contributed by atoms with Crippen LogP contribution in [0.15, 0.2) is 30.3 Å². The zero-order chi connectivity index (χ0) is 13.9. The normalized spacial score (nSPS) is 28.8. The molecule has 1 aliphatic rings. The Morgan fingerprint density at radius 2 is 2.00 bits per heavy atom. The fraction of sp³-hybridized carbons (Fsp3) is 0.625. The van der Waals surface area contributed by atoms with Crippen LogP contribution in [0.1, 0.15) is 25.8 Å². The minimum absolute atomic E-state index is 0.0807. The van der Waals surface area contributed by atoms with Gasteiger partial charge in [0, 0.05) is 13.1 Å². The van der Waals surface area contributed by atoms with Crippen molar-refractivity contribution in [2.24, 2.45) is 5.92 Å². The van der Waals surface area contributed by atoms with Gasteiger partial charge in [-0.15, -0.1) is 0 Å². The van der Waals surface area contributed by atoms with E-state index in [1.165, 1.54) is 5.56 Å². The molecule has 1 aromatic rings. The monoisotopic (exact) mass is 262 g/mol. The summed E-state index contributed by atoms with van der Waals surface area (Å²) in [6.45, 7) is 7.80. The number of quaternary nitrogens is 1. The van der Waals surface area contributed by atoms with Gasteiger partial charge in [-0.05, 0) is 17.9 Å². The Morgan fingerprint density at radius 3 is 2.63 bits per heavy atom. The van der Waals surface area contributed by atoms with Crippen LogP contribution in [0, 0.1) is 11.1 Å². The van der Waals surface area contributed by atoms with Crippen LogP contribution in [-0.2, 0) is 6.54 Å². The SMILES string of the molecule is CC(C)CC1C[N+](C)([O-])CCN1Cc1ccccc1. The highest BCUT2D eigenvalue weighted by atomic mass is 16.5. The van der Waals surface area contributed by atoms with Gasteiger partial charge in [-0.2, -0.15) is 0 Å². The van der Waals surface area contributed by atoms with Gasteiger partial charge in [0.1, 0.15) is 0 Å². The largest absolute Gasteiger partial charge is 0.633 e. The number of benzene rings is 1. The summed E-state index contributed by atoms with van der Waals surface area (Å²) < 4.78 is -0.0807. The first-order valence-electron chi connectivity index (χ1n) is 7.30. The van der Waals surface area contributed by atoms with Crippen LogP contribution in [-0.4, -0.2) is 42.3 Å². The van der Waals surface area contributed by atoms with Crippen LogP contribution in [0.25, 0.3) is 0 Å². The van der Waals surface area contributed by atoms with Crippen LogP contribution in [0.4, 0.5) is 0 Å². The fourth-order valence-electron chi connectivity index (χ4n) is 2.97. The van der Waals surface area contributed by atoms with Crippen LogP contribution >= 0.6 is 0 Å². The van der Waals surface area contributed by atoms with Crippen molar-refractivity contribution in [2.75, 3.05) is 26.7 Å². The predicted octanol–water partition coefficient (Wildman–Crippen LogP) is 2.86. The molecule has 0 aromatic heterocycles. The highest BCUT2D eigenvalue weighted by molar-refractivity contribution is 5.14. The van der Waals surface area contributed by atoms with E-state index in [1.807, 2.05) is 7.05 Å². The molecule has 0 spiro atoms. The third-order valence-electron chi connectivity index (χ3n) is 3.95. The van der Waals surface area contributed by atoms with Gasteiger partial charge in [0.25, 0.3) is 0 Å². The average Bonchev–Trinajstić information content (AvgIpc) is 2.33. The Hall–Kier alpha value is -0.900. The quantitative estimate of drug-likeness (QED) is 0.616. The van der Waals surface area contributed by atoms with Crippen molar-refractivity contribution < 1.29 is 4.65 Å². The highest BCUT2D eigenvalue weighted by Gasteiger charge is 2.31. The van der Waals surface area contributed by atoms with Gasteiger partial charge in [-0.1, -0.05) is 44.2 Å². The Morgan fingerprint density at radius 1 is 1.32 bits per heavy atom. The molecule has 0 aliphatic carbocycles. The number of hydrogen-bond acceptors (Lipinski definition) is 2. The van der Waals surface area contributed by atoms with Crippen molar-refractivity contribution in [3.8, 4) is 0 Å². The number of hydrogen-bond donors (Lipinski definition) is 0. The fourth-order valence-corrected chi connectivity index (χ4v) is 2.97. The predicted molar refractivity (Wildman–Crippen MR) is 79.4 cm³/mol. The van der Waals surface area contributed by atoms with Crippen LogP contribution in [0.5, 0.6) is 0 Å². The molecule has 0 bridgehead atoms. The molecule has 1 aliphatic heterocycles. The second-order valence-corrected chi connectivity index (χ2v) is 6.44. The smallest absolute Gasteiger partial charge is 0.0940 e. The second kappa shape index (κ2) is 6.04. The molecule has 3 nitrogen and oxygen atoms in total. The Bertz CT molecular complexity index is 389. The van der Waals surface area contributed by atoms with E-state index in [-0.39, 0.29) is 4.65 Å². The molecular weight excluding hydrogens is 236 g/mol. The third-order valence-corrected chi connectivity index (χ3v) is 3.95. The van der Waals surface area contributed by atoms with E-state index in [0.717, 1.165) is 26.1 Å². The topological polar surface area (TPSA) is 26.3 Å². The van der Waals surface area contributed by atoms with Crippen molar-refractivity contribution >= 4 is 0 Å². The second-order valence-electron chi connectivity index (χ2n) is 6.44. The lowest BCUT2D eigenvalue weighted by Gasteiger charge is -2.50. The van der Waals surface area contributed by atoms with E-state index in [1.54, 1.807) is 0 Å². The lowest BCUT2D eigenvalue weighted by atomic mass is 9.99. The highest BCUT2D eigenvalue weighted by Crippen LogP contribution is 2.22. The molecular formula is C16H26N2O. The van der Waals surface area contributed by atoms with E-state index in [4.69, 9.17) is 0 Å². The molecule has 106 valence electrons. The average molecular weight is 262 g/mol. The van der Waals surface area contributed by atoms with Gasteiger partial charge in [0.15, 0.2) is 0 Å². The molecule has 1 saturated heterocycles. The molecule has 1 fully saturated rings. The van der Waals surface area contributed by atoms with Crippen molar-refractivity contribution in [2.45, 2.75) is 32.9 Å². The van der Waals surface area contributed by atoms with Crippen molar-refractivity contribution in [1.82, 2.24) is 4.90 Å². The number of rotatable bonds is 4. The van der Waals surface area contributed by atoms with E-state index in [9.17, 15) is 5.21 Å². The maximum absolute atomic E-state index is 12.2. The van der Waals surface area contributed by atoms with Crippen molar-refractivity contribution in [3.05, 3.63) is 41.1 Å². The minimum atomic E-state index is -0.0807. The molecule has 2 atom stereocenters. The summed E-state index contributed by atoms with van der Waals surface area (Å²) in [6, 6.07) is 11.0. The van der Waals surface area contributed by atoms with Gasteiger partial charge in [0.05, 0.1) is 26.2 Å². The summed E-state index contributed by atoms with van der Waals surface area (Å²) in [5, 5.41) is 12.2. The summed E-state index contributed by atoms with van der Waals surface area (Å²) in [7, 11) is 1.81. The molecule has 1 aromatic carbocycles. The molecule has 0 amide bonds. The maximum atomic E-state index is 12.2. The zero-order valence-electron chi connectivity index (χ0n) is 12.4. The summed E-state index contributed by atoms with van der Waals surface area (Å²) in [5.74, 6) is 0.640. The number of hydroxylamine groups is 3. The Labute approximate surface area is 117 Å².